The topological polar surface area (TPSA) is 69.6 Å². The van der Waals surface area contributed by atoms with Gasteiger partial charge in [0, 0.05) is 6.92 Å². The fourth-order valence-corrected chi connectivity index (χ4v) is 1.07. The summed E-state index contributed by atoms with van der Waals surface area (Å²) >= 11 is 0. The van der Waals surface area contributed by atoms with Crippen LogP contribution in [0.4, 0.5) is 0 Å². The van der Waals surface area contributed by atoms with Crippen molar-refractivity contribution in [2.75, 3.05) is 6.61 Å². The van der Waals surface area contributed by atoms with E-state index < -0.39 is 11.6 Å². The van der Waals surface area contributed by atoms with E-state index >= 15 is 0 Å². The minimum atomic E-state index is -0.833. The summed E-state index contributed by atoms with van der Waals surface area (Å²) in [5.74, 6) is -0.218. The lowest BCUT2D eigenvalue weighted by Crippen LogP contribution is -2.46. The smallest absolute Gasteiger partial charge is 0.217 e. The number of rotatable bonds is 3. The number of hydrogen-bond donors (Lipinski definition) is 3. The van der Waals surface area contributed by atoms with Crippen molar-refractivity contribution in [2.24, 2.45) is 0 Å². The zero-order chi connectivity index (χ0) is 8.48. The van der Waals surface area contributed by atoms with E-state index in [1.165, 1.54) is 6.92 Å². The SMILES string of the molecule is CC(=O)N[C@H](CO)C1(O)CC1. The minimum Gasteiger partial charge on any atom is -0.394 e. The van der Waals surface area contributed by atoms with Gasteiger partial charge in [-0.2, -0.15) is 0 Å². The maximum Gasteiger partial charge on any atom is 0.217 e. The van der Waals surface area contributed by atoms with E-state index in [2.05, 4.69) is 5.32 Å². The van der Waals surface area contributed by atoms with Gasteiger partial charge in [0.1, 0.15) is 0 Å². The fourth-order valence-electron chi connectivity index (χ4n) is 1.07. The van der Waals surface area contributed by atoms with Gasteiger partial charge in [0.25, 0.3) is 0 Å². The number of aliphatic hydroxyl groups excluding tert-OH is 1. The zero-order valence-corrected chi connectivity index (χ0v) is 6.50. The van der Waals surface area contributed by atoms with Gasteiger partial charge in [0.2, 0.25) is 5.91 Å². The zero-order valence-electron chi connectivity index (χ0n) is 6.50. The van der Waals surface area contributed by atoms with Gasteiger partial charge in [0.05, 0.1) is 18.2 Å². The third-order valence-electron chi connectivity index (χ3n) is 1.97. The van der Waals surface area contributed by atoms with E-state index in [4.69, 9.17) is 5.11 Å². The van der Waals surface area contributed by atoms with Gasteiger partial charge < -0.3 is 15.5 Å². The second kappa shape index (κ2) is 2.79. The number of carbonyl (C=O) groups is 1. The van der Waals surface area contributed by atoms with Crippen molar-refractivity contribution in [1.82, 2.24) is 5.32 Å². The van der Waals surface area contributed by atoms with Gasteiger partial charge in [-0.25, -0.2) is 0 Å². The van der Waals surface area contributed by atoms with Gasteiger partial charge >= 0.3 is 0 Å². The Hall–Kier alpha value is -0.610. The second-order valence-electron chi connectivity index (χ2n) is 3.04. The fraction of sp³-hybridized carbons (Fsp3) is 0.857. The van der Waals surface area contributed by atoms with Crippen molar-refractivity contribution < 1.29 is 15.0 Å². The Labute approximate surface area is 65.2 Å². The van der Waals surface area contributed by atoms with Gasteiger partial charge in [-0.3, -0.25) is 4.79 Å². The summed E-state index contributed by atoms with van der Waals surface area (Å²) in [7, 11) is 0. The predicted octanol–water partition coefficient (Wildman–Crippen LogP) is -0.992. The van der Waals surface area contributed by atoms with Crippen molar-refractivity contribution in [3.63, 3.8) is 0 Å². The van der Waals surface area contributed by atoms with Crippen LogP contribution in [0.3, 0.4) is 0 Å². The monoisotopic (exact) mass is 159 g/mol. The molecule has 0 bridgehead atoms. The first-order chi connectivity index (χ1) is 5.08. The molecule has 64 valence electrons. The van der Waals surface area contributed by atoms with Crippen molar-refractivity contribution in [1.29, 1.82) is 0 Å². The molecule has 0 aliphatic heterocycles. The van der Waals surface area contributed by atoms with E-state index in [9.17, 15) is 9.90 Å². The lowest BCUT2D eigenvalue weighted by molar-refractivity contribution is -0.121. The summed E-state index contributed by atoms with van der Waals surface area (Å²) < 4.78 is 0. The molecule has 1 amide bonds. The lowest BCUT2D eigenvalue weighted by Gasteiger charge is -2.20. The predicted molar refractivity (Wildman–Crippen MR) is 38.9 cm³/mol. The van der Waals surface area contributed by atoms with Crippen molar-refractivity contribution in [2.45, 2.75) is 31.4 Å². The van der Waals surface area contributed by atoms with Crippen LogP contribution in [-0.2, 0) is 4.79 Å². The Bertz CT molecular complexity index is 165. The molecular weight excluding hydrogens is 146 g/mol. The second-order valence-corrected chi connectivity index (χ2v) is 3.04. The molecule has 0 saturated heterocycles. The molecular formula is C7H13NO3. The third-order valence-corrected chi connectivity index (χ3v) is 1.97. The number of hydrogen-bond acceptors (Lipinski definition) is 3. The van der Waals surface area contributed by atoms with Gasteiger partial charge in [-0.15, -0.1) is 0 Å². The molecule has 4 heteroatoms. The first-order valence-electron chi connectivity index (χ1n) is 3.69. The molecule has 4 nitrogen and oxygen atoms in total. The summed E-state index contributed by atoms with van der Waals surface area (Å²) in [4.78, 5) is 10.6. The Morgan fingerprint density at radius 1 is 1.73 bits per heavy atom. The van der Waals surface area contributed by atoms with Crippen LogP contribution in [0, 0.1) is 0 Å². The number of carbonyl (C=O) groups excluding carboxylic acids is 1. The summed E-state index contributed by atoms with van der Waals surface area (Å²) in [5, 5.41) is 20.7. The summed E-state index contributed by atoms with van der Waals surface area (Å²) in [6, 6.07) is -0.486. The van der Waals surface area contributed by atoms with Gasteiger partial charge in [-0.05, 0) is 12.8 Å². The molecule has 0 aromatic heterocycles. The molecule has 0 aromatic rings. The van der Waals surface area contributed by atoms with E-state index in [1.54, 1.807) is 0 Å². The Morgan fingerprint density at radius 2 is 2.27 bits per heavy atom. The Balaban J connectivity index is 2.43. The molecule has 1 saturated carbocycles. The van der Waals surface area contributed by atoms with Gasteiger partial charge in [-0.1, -0.05) is 0 Å². The quantitative estimate of drug-likeness (QED) is 0.495. The normalized spacial score (nSPS) is 22.5. The Kier molecular flexibility index (Phi) is 2.15. The lowest BCUT2D eigenvalue weighted by atomic mass is 10.1. The van der Waals surface area contributed by atoms with Crippen LogP contribution in [0.5, 0.6) is 0 Å². The molecule has 0 aromatic carbocycles. The molecule has 3 N–H and O–H groups in total. The van der Waals surface area contributed by atoms with Crippen LogP contribution >= 0.6 is 0 Å². The Morgan fingerprint density at radius 3 is 2.55 bits per heavy atom. The highest BCUT2D eigenvalue weighted by molar-refractivity contribution is 5.73. The summed E-state index contributed by atoms with van der Waals surface area (Å²) in [6.07, 6.45) is 1.33. The largest absolute Gasteiger partial charge is 0.394 e. The molecule has 0 heterocycles. The van der Waals surface area contributed by atoms with Crippen molar-refractivity contribution in [3.05, 3.63) is 0 Å². The first-order valence-corrected chi connectivity index (χ1v) is 3.69. The van der Waals surface area contributed by atoms with E-state index in [-0.39, 0.29) is 12.5 Å². The van der Waals surface area contributed by atoms with Crippen LogP contribution in [-0.4, -0.2) is 34.4 Å². The molecule has 1 fully saturated rings. The summed E-state index contributed by atoms with van der Waals surface area (Å²) in [6.45, 7) is 1.17. The first kappa shape index (κ1) is 8.49. The third kappa shape index (κ3) is 1.91. The highest BCUT2D eigenvalue weighted by atomic mass is 16.3. The molecule has 0 unspecified atom stereocenters. The van der Waals surface area contributed by atoms with Crippen LogP contribution in [0.15, 0.2) is 0 Å². The van der Waals surface area contributed by atoms with Crippen LogP contribution in [0.1, 0.15) is 19.8 Å². The maximum absolute atomic E-state index is 10.6. The van der Waals surface area contributed by atoms with Crippen molar-refractivity contribution >= 4 is 5.91 Å². The van der Waals surface area contributed by atoms with Gasteiger partial charge in [0.15, 0.2) is 0 Å². The highest BCUT2D eigenvalue weighted by Gasteiger charge is 2.47. The molecule has 1 aliphatic rings. The molecule has 1 atom stereocenters. The number of amides is 1. The average Bonchev–Trinajstić information content (AvgIpc) is 2.63. The average molecular weight is 159 g/mol. The van der Waals surface area contributed by atoms with Crippen LogP contribution in [0.2, 0.25) is 0 Å². The van der Waals surface area contributed by atoms with Crippen LogP contribution < -0.4 is 5.32 Å². The van der Waals surface area contributed by atoms with E-state index in [1.807, 2.05) is 0 Å². The van der Waals surface area contributed by atoms with E-state index in [0.29, 0.717) is 12.8 Å². The molecule has 0 spiro atoms. The highest BCUT2D eigenvalue weighted by Crippen LogP contribution is 2.38. The standard InChI is InChI=1S/C7H13NO3/c1-5(10)8-6(4-9)7(11)2-3-7/h6,9,11H,2-4H2,1H3,(H,8,10)/t6-/m1/s1. The molecule has 1 aliphatic carbocycles. The van der Waals surface area contributed by atoms with E-state index in [0.717, 1.165) is 0 Å². The number of nitrogens with one attached hydrogen (secondary N) is 1. The molecule has 11 heavy (non-hydrogen) atoms. The molecule has 0 radical (unpaired) electrons. The maximum atomic E-state index is 10.6. The number of aliphatic hydroxyl groups is 2. The van der Waals surface area contributed by atoms with Crippen LogP contribution in [0.25, 0.3) is 0 Å². The molecule has 1 rings (SSSR count). The summed E-state index contributed by atoms with van der Waals surface area (Å²) in [5.41, 5.74) is -0.833. The minimum absolute atomic E-state index is 0.198. The van der Waals surface area contributed by atoms with Crippen molar-refractivity contribution in [3.8, 4) is 0 Å².